The Morgan fingerprint density at radius 2 is 1.83 bits per heavy atom. The van der Waals surface area contributed by atoms with Crippen LogP contribution in [-0.4, -0.2) is 41.1 Å². The zero-order valence-corrected chi connectivity index (χ0v) is 17.4. The van der Waals surface area contributed by atoms with Gasteiger partial charge in [-0.25, -0.2) is 0 Å². The van der Waals surface area contributed by atoms with Gasteiger partial charge in [-0.1, -0.05) is 34.1 Å². The number of carbonyl (C=O) groups excluding carboxylic acids is 3. The number of para-hydroxylation sites is 1. The van der Waals surface area contributed by atoms with Crippen molar-refractivity contribution in [2.24, 2.45) is 10.2 Å². The van der Waals surface area contributed by atoms with E-state index >= 15 is 0 Å². The van der Waals surface area contributed by atoms with Crippen molar-refractivity contribution in [1.29, 1.82) is 0 Å². The quantitative estimate of drug-likeness (QED) is 0.420. The lowest BCUT2D eigenvalue weighted by atomic mass is 10.2. The molecule has 2 N–H and O–H groups in total. The van der Waals surface area contributed by atoms with Crippen molar-refractivity contribution in [2.45, 2.75) is 6.54 Å². The number of hydrogen-bond donors (Lipinski definition) is 2. The zero-order valence-electron chi connectivity index (χ0n) is 15.8. The van der Waals surface area contributed by atoms with Crippen molar-refractivity contribution in [2.75, 3.05) is 13.7 Å². The van der Waals surface area contributed by atoms with Crippen LogP contribution in [0.1, 0.15) is 10.4 Å². The number of esters is 1. The monoisotopic (exact) mass is 472 g/mol. The van der Waals surface area contributed by atoms with E-state index in [4.69, 9.17) is 0 Å². The highest BCUT2D eigenvalue weighted by molar-refractivity contribution is 9.10. The number of nitrogens with zero attached hydrogens (tertiary/aromatic N) is 3. The van der Waals surface area contributed by atoms with E-state index in [0.29, 0.717) is 16.5 Å². The fourth-order valence-electron chi connectivity index (χ4n) is 2.72. The molecule has 1 aromatic heterocycles. The summed E-state index contributed by atoms with van der Waals surface area (Å²) in [6.07, 6.45) is 0. The number of aromatic nitrogens is 1. The molecule has 0 saturated heterocycles. The molecule has 0 fully saturated rings. The van der Waals surface area contributed by atoms with Gasteiger partial charge in [-0.05, 0) is 30.3 Å². The number of carbonyl (C=O) groups is 3. The predicted molar refractivity (Wildman–Crippen MR) is 112 cm³/mol. The molecule has 10 heteroatoms. The van der Waals surface area contributed by atoms with Crippen LogP contribution in [0.2, 0.25) is 0 Å². The molecule has 0 aliphatic carbocycles. The Hall–Kier alpha value is -3.53. The minimum Gasteiger partial charge on any atom is -0.493 e. The molecule has 0 aliphatic heterocycles. The van der Waals surface area contributed by atoms with Crippen LogP contribution in [0.3, 0.4) is 0 Å². The zero-order chi connectivity index (χ0) is 21.7. The van der Waals surface area contributed by atoms with Crippen LogP contribution in [-0.2, 0) is 20.9 Å². The first-order valence-electron chi connectivity index (χ1n) is 8.76. The van der Waals surface area contributed by atoms with Crippen LogP contribution in [0.4, 0.5) is 5.69 Å². The highest BCUT2D eigenvalue weighted by atomic mass is 79.9. The minimum absolute atomic E-state index is 0.0436. The number of halogens is 1. The van der Waals surface area contributed by atoms with Crippen molar-refractivity contribution >= 4 is 50.3 Å². The Morgan fingerprint density at radius 1 is 1.13 bits per heavy atom. The minimum atomic E-state index is -0.704. The van der Waals surface area contributed by atoms with Gasteiger partial charge >= 0.3 is 5.97 Å². The summed E-state index contributed by atoms with van der Waals surface area (Å²) in [6, 6.07) is 13.5. The maximum atomic E-state index is 12.1. The molecule has 154 valence electrons. The van der Waals surface area contributed by atoms with E-state index in [0.717, 1.165) is 4.47 Å². The third kappa shape index (κ3) is 4.71. The first-order chi connectivity index (χ1) is 14.4. The van der Waals surface area contributed by atoms with E-state index in [1.807, 2.05) is 0 Å². The van der Waals surface area contributed by atoms with Crippen molar-refractivity contribution in [3.8, 4) is 5.88 Å². The molecule has 9 nitrogen and oxygen atoms in total. The van der Waals surface area contributed by atoms with E-state index in [1.165, 1.54) is 11.7 Å². The molecule has 2 amide bonds. The second-order valence-corrected chi connectivity index (χ2v) is 7.05. The molecule has 1 heterocycles. The van der Waals surface area contributed by atoms with E-state index in [1.54, 1.807) is 48.5 Å². The number of azo groups is 1. The number of aromatic hydroxyl groups is 1. The standard InChI is InChI=1S/C20H17BrN4O5/c1-30-17(27)11-25-15-5-3-2-4-14(15)18(20(25)29)24-23-16(26)10-22-19(28)12-6-8-13(21)9-7-12/h2-9,29H,10-11H2,1H3,(H,22,28). The molecule has 0 atom stereocenters. The Labute approximate surface area is 179 Å². The van der Waals surface area contributed by atoms with Crippen molar-refractivity contribution < 1.29 is 24.2 Å². The van der Waals surface area contributed by atoms with Gasteiger partial charge in [-0.3, -0.25) is 19.0 Å². The average molecular weight is 473 g/mol. The highest BCUT2D eigenvalue weighted by Crippen LogP contribution is 2.38. The lowest BCUT2D eigenvalue weighted by Gasteiger charge is -2.04. The number of benzene rings is 2. The van der Waals surface area contributed by atoms with Gasteiger partial charge < -0.3 is 15.2 Å². The largest absolute Gasteiger partial charge is 0.493 e. The predicted octanol–water partition coefficient (Wildman–Crippen LogP) is 3.32. The molecule has 3 rings (SSSR count). The van der Waals surface area contributed by atoms with Gasteiger partial charge in [0.05, 0.1) is 12.6 Å². The molecule has 3 aromatic rings. The third-order valence-electron chi connectivity index (χ3n) is 4.20. The topological polar surface area (TPSA) is 122 Å². The molecule has 0 aliphatic rings. The van der Waals surface area contributed by atoms with Crippen LogP contribution in [0.5, 0.6) is 5.88 Å². The molecule has 0 spiro atoms. The van der Waals surface area contributed by atoms with Crippen molar-refractivity contribution in [3.63, 3.8) is 0 Å². The molecule has 2 aromatic carbocycles. The van der Waals surface area contributed by atoms with Gasteiger partial charge in [0.2, 0.25) is 5.88 Å². The summed E-state index contributed by atoms with van der Waals surface area (Å²) in [6.45, 7) is -0.588. The Morgan fingerprint density at radius 3 is 2.53 bits per heavy atom. The number of methoxy groups -OCH3 is 1. The summed E-state index contributed by atoms with van der Waals surface area (Å²) in [5, 5.41) is 20.9. The van der Waals surface area contributed by atoms with E-state index in [-0.39, 0.29) is 24.7 Å². The van der Waals surface area contributed by atoms with E-state index in [2.05, 4.69) is 36.2 Å². The normalized spacial score (nSPS) is 11.0. The molecule has 30 heavy (non-hydrogen) atoms. The van der Waals surface area contributed by atoms with Crippen LogP contribution in [0, 0.1) is 0 Å². The molecule has 0 unspecified atom stereocenters. The lowest BCUT2D eigenvalue weighted by molar-refractivity contribution is -0.141. The second kappa shape index (κ2) is 9.31. The van der Waals surface area contributed by atoms with Crippen molar-refractivity contribution in [3.05, 3.63) is 58.6 Å². The number of nitrogens with one attached hydrogen (secondary N) is 1. The maximum Gasteiger partial charge on any atom is 0.325 e. The molecule has 0 radical (unpaired) electrons. The van der Waals surface area contributed by atoms with Gasteiger partial charge in [0.15, 0.2) is 5.69 Å². The first kappa shape index (κ1) is 21.2. The smallest absolute Gasteiger partial charge is 0.325 e. The van der Waals surface area contributed by atoms with Crippen LogP contribution < -0.4 is 5.32 Å². The Bertz CT molecular complexity index is 1140. The van der Waals surface area contributed by atoms with Crippen LogP contribution in [0.25, 0.3) is 10.9 Å². The molecule has 0 saturated carbocycles. The Balaban J connectivity index is 1.74. The second-order valence-electron chi connectivity index (χ2n) is 6.13. The first-order valence-corrected chi connectivity index (χ1v) is 9.55. The summed E-state index contributed by atoms with van der Waals surface area (Å²) in [5.41, 5.74) is 0.971. The average Bonchev–Trinajstić information content (AvgIpc) is 3.02. The van der Waals surface area contributed by atoms with E-state index in [9.17, 15) is 19.5 Å². The Kier molecular flexibility index (Phi) is 6.58. The molecular weight excluding hydrogens is 456 g/mol. The van der Waals surface area contributed by atoms with Crippen LogP contribution >= 0.6 is 15.9 Å². The van der Waals surface area contributed by atoms with Crippen molar-refractivity contribution in [1.82, 2.24) is 9.88 Å². The van der Waals surface area contributed by atoms with Gasteiger partial charge in [0.1, 0.15) is 13.1 Å². The molecule has 0 bridgehead atoms. The summed E-state index contributed by atoms with van der Waals surface area (Å²) >= 11 is 3.28. The number of fused-ring (bicyclic) bond motifs is 1. The fraction of sp³-hybridized carbons (Fsp3) is 0.150. The van der Waals surface area contributed by atoms with Gasteiger partial charge in [-0.2, -0.15) is 0 Å². The maximum absolute atomic E-state index is 12.1. The van der Waals surface area contributed by atoms with E-state index < -0.39 is 17.8 Å². The summed E-state index contributed by atoms with van der Waals surface area (Å²) in [5.74, 6) is -2.01. The number of ether oxygens (including phenoxy) is 1. The van der Waals surface area contributed by atoms with Gasteiger partial charge in [0, 0.05) is 15.4 Å². The third-order valence-corrected chi connectivity index (χ3v) is 4.73. The SMILES string of the molecule is COC(=O)Cn1c(O)c(N=NC(=O)CNC(=O)c2ccc(Br)cc2)c2ccccc21. The fourth-order valence-corrected chi connectivity index (χ4v) is 2.99. The summed E-state index contributed by atoms with van der Waals surface area (Å²) in [4.78, 5) is 35.7. The number of amides is 2. The van der Waals surface area contributed by atoms with Gasteiger partial charge in [-0.15, -0.1) is 10.2 Å². The molecular formula is C20H17BrN4O5. The van der Waals surface area contributed by atoms with Gasteiger partial charge in [0.25, 0.3) is 11.8 Å². The van der Waals surface area contributed by atoms with Crippen LogP contribution in [0.15, 0.2) is 63.2 Å². The number of rotatable bonds is 6. The number of hydrogen-bond acceptors (Lipinski definition) is 6. The summed E-state index contributed by atoms with van der Waals surface area (Å²) < 4.78 is 6.78. The lowest BCUT2D eigenvalue weighted by Crippen LogP contribution is -2.28. The summed E-state index contributed by atoms with van der Waals surface area (Å²) in [7, 11) is 1.24. The highest BCUT2D eigenvalue weighted by Gasteiger charge is 2.19.